The number of rotatable bonds is 3. The number of ether oxygens (including phenoxy) is 2. The number of carbonyl (C=O) groups excluding carboxylic acids is 1. The molecule has 8 nitrogen and oxygen atoms in total. The van der Waals surface area contributed by atoms with Crippen LogP contribution in [0.2, 0.25) is 0 Å². The van der Waals surface area contributed by atoms with Crippen LogP contribution in [-0.4, -0.2) is 73.6 Å². The molecule has 4 atom stereocenters. The third kappa shape index (κ3) is 3.27. The first-order valence-electron chi connectivity index (χ1n) is 14.8. The predicted octanol–water partition coefficient (Wildman–Crippen LogP) is 3.97. The first-order chi connectivity index (χ1) is 19.9. The lowest BCUT2D eigenvalue weighted by molar-refractivity contribution is -0.0256. The van der Waals surface area contributed by atoms with E-state index >= 15 is 0 Å². The number of likely N-dealkylation sites (tertiary alicyclic amines) is 1. The Balaban J connectivity index is 1.12. The zero-order valence-corrected chi connectivity index (χ0v) is 23.9. The Bertz CT molecular complexity index is 1610. The summed E-state index contributed by atoms with van der Waals surface area (Å²) in [6, 6.07) is 14.6. The zero-order valence-electron chi connectivity index (χ0n) is 23.9. The van der Waals surface area contributed by atoms with E-state index < -0.39 is 0 Å². The van der Waals surface area contributed by atoms with Gasteiger partial charge in [0.1, 0.15) is 11.8 Å². The lowest BCUT2D eigenvalue weighted by atomic mass is 9.51. The molecular weight excluding hydrogens is 514 g/mol. The van der Waals surface area contributed by atoms with Gasteiger partial charge in [0.15, 0.2) is 11.5 Å². The van der Waals surface area contributed by atoms with Gasteiger partial charge >= 0.3 is 0 Å². The van der Waals surface area contributed by atoms with Crippen LogP contribution in [0.5, 0.6) is 11.5 Å². The molecule has 2 aliphatic carbocycles. The molecule has 2 saturated heterocycles. The number of aromatic amines is 1. The highest BCUT2D eigenvalue weighted by Gasteiger charge is 2.65. The molecule has 210 valence electrons. The number of aromatic nitrogens is 1. The maximum Gasteiger partial charge on any atom is 0.270 e. The topological polar surface area (TPSA) is 84.8 Å². The molecule has 8 rings (SSSR count). The van der Waals surface area contributed by atoms with Crippen LogP contribution >= 0.6 is 0 Å². The Morgan fingerprint density at radius 3 is 2.61 bits per heavy atom. The van der Waals surface area contributed by atoms with Crippen LogP contribution in [-0.2, 0) is 18.3 Å². The Hall–Kier alpha value is -3.96. The molecule has 1 N–H and O–H groups in total. The number of methoxy groups -OCH3 is 1. The number of fused-ring (bicyclic) bond motifs is 2. The summed E-state index contributed by atoms with van der Waals surface area (Å²) in [6.07, 6.45) is 2.90. The van der Waals surface area contributed by atoms with Crippen LogP contribution in [0.15, 0.2) is 36.4 Å². The molecule has 0 saturated carbocycles. The summed E-state index contributed by atoms with van der Waals surface area (Å²) in [5, 5.41) is 9.11. The number of nitrogens with zero attached hydrogens (tertiary/aromatic N) is 4. The molecule has 2 aromatic carbocycles. The van der Waals surface area contributed by atoms with E-state index in [0.717, 1.165) is 67.3 Å². The number of anilines is 1. The van der Waals surface area contributed by atoms with Crippen molar-refractivity contribution in [1.29, 1.82) is 5.26 Å². The van der Waals surface area contributed by atoms with Crippen LogP contribution in [0.4, 0.5) is 5.69 Å². The second-order valence-corrected chi connectivity index (χ2v) is 12.4. The third-order valence-electron chi connectivity index (χ3n) is 10.8. The van der Waals surface area contributed by atoms with E-state index in [1.54, 1.807) is 7.11 Å². The minimum Gasteiger partial charge on any atom is -0.493 e. The minimum absolute atomic E-state index is 0.0747. The van der Waals surface area contributed by atoms with Gasteiger partial charge in [-0.25, -0.2) is 0 Å². The summed E-state index contributed by atoms with van der Waals surface area (Å²) in [5.41, 5.74) is 8.56. The fourth-order valence-corrected chi connectivity index (χ4v) is 8.72. The summed E-state index contributed by atoms with van der Waals surface area (Å²) < 4.78 is 12.7. The van der Waals surface area contributed by atoms with Crippen molar-refractivity contribution in [1.82, 2.24) is 14.8 Å². The van der Waals surface area contributed by atoms with E-state index in [4.69, 9.17) is 14.7 Å². The van der Waals surface area contributed by atoms with Crippen molar-refractivity contribution < 1.29 is 14.3 Å². The van der Waals surface area contributed by atoms with Gasteiger partial charge in [0.25, 0.3) is 5.91 Å². The number of piperidine rings is 1. The quantitative estimate of drug-likeness (QED) is 0.532. The monoisotopic (exact) mass is 549 g/mol. The molecular formula is C33H35N5O3. The van der Waals surface area contributed by atoms with E-state index in [9.17, 15) is 4.79 Å². The molecule has 3 aromatic rings. The van der Waals surface area contributed by atoms with Crippen LogP contribution in [0.25, 0.3) is 0 Å². The molecule has 2 bridgehead atoms. The van der Waals surface area contributed by atoms with Gasteiger partial charge in [0, 0.05) is 48.9 Å². The van der Waals surface area contributed by atoms with E-state index in [1.165, 1.54) is 16.7 Å². The SMILES string of the molecule is COc1ccc2c3c1O[C@H]1c4[nH]c(C(=O)N5CCN(c6ccc(C#N)cc6)CC5)c(C)c4CC4[C@@H](C2)N(C)CC[C@@]341. The number of nitriles is 1. The molecule has 4 heterocycles. The second-order valence-electron chi connectivity index (χ2n) is 12.4. The average molecular weight is 550 g/mol. The van der Waals surface area contributed by atoms with E-state index in [1.807, 2.05) is 29.2 Å². The molecule has 8 heteroatoms. The molecule has 3 aliphatic heterocycles. The number of piperazine rings is 1. The van der Waals surface area contributed by atoms with Crippen molar-refractivity contribution in [3.05, 3.63) is 75.6 Å². The first-order valence-corrected chi connectivity index (χ1v) is 14.8. The summed E-state index contributed by atoms with van der Waals surface area (Å²) in [6.45, 7) is 6.01. The van der Waals surface area contributed by atoms with Crippen molar-refractivity contribution in [2.24, 2.45) is 5.92 Å². The number of likely N-dealkylation sites (N-methyl/N-ethyl adjacent to an activating group) is 1. The van der Waals surface area contributed by atoms with Gasteiger partial charge in [-0.05, 0) is 92.7 Å². The van der Waals surface area contributed by atoms with Crippen LogP contribution in [0, 0.1) is 24.2 Å². The van der Waals surface area contributed by atoms with Crippen LogP contribution in [0.1, 0.15) is 56.5 Å². The largest absolute Gasteiger partial charge is 0.493 e. The fourth-order valence-electron chi connectivity index (χ4n) is 8.72. The Morgan fingerprint density at radius 2 is 1.88 bits per heavy atom. The van der Waals surface area contributed by atoms with Gasteiger partial charge in [0.05, 0.1) is 24.4 Å². The normalized spacial score (nSPS) is 27.5. The maximum absolute atomic E-state index is 14.0. The predicted molar refractivity (Wildman–Crippen MR) is 155 cm³/mol. The van der Waals surface area contributed by atoms with E-state index in [0.29, 0.717) is 36.3 Å². The molecule has 5 aliphatic rings. The second kappa shape index (κ2) is 8.77. The molecule has 1 amide bonds. The molecule has 0 radical (unpaired) electrons. The Labute approximate surface area is 240 Å². The number of amides is 1. The number of nitrogens with one attached hydrogen (secondary N) is 1. The molecule has 2 fully saturated rings. The Morgan fingerprint density at radius 1 is 1.10 bits per heavy atom. The number of hydrogen-bond donors (Lipinski definition) is 1. The average Bonchev–Trinajstić information content (AvgIpc) is 3.53. The van der Waals surface area contributed by atoms with Crippen LogP contribution < -0.4 is 14.4 Å². The highest BCUT2D eigenvalue weighted by molar-refractivity contribution is 5.95. The van der Waals surface area contributed by atoms with Gasteiger partial charge in [0.2, 0.25) is 0 Å². The number of hydrogen-bond acceptors (Lipinski definition) is 6. The summed E-state index contributed by atoms with van der Waals surface area (Å²) in [7, 11) is 3.99. The number of carbonyl (C=O) groups is 1. The molecule has 1 spiro atoms. The van der Waals surface area contributed by atoms with Crippen molar-refractivity contribution >= 4 is 11.6 Å². The summed E-state index contributed by atoms with van der Waals surface area (Å²) >= 11 is 0. The van der Waals surface area contributed by atoms with Gasteiger partial charge in [-0.2, -0.15) is 5.26 Å². The first kappa shape index (κ1) is 24.8. The van der Waals surface area contributed by atoms with E-state index in [-0.39, 0.29) is 17.4 Å². The van der Waals surface area contributed by atoms with Crippen molar-refractivity contribution in [2.45, 2.75) is 43.7 Å². The van der Waals surface area contributed by atoms with Crippen molar-refractivity contribution in [2.75, 3.05) is 51.8 Å². The highest BCUT2D eigenvalue weighted by Crippen LogP contribution is 2.67. The smallest absolute Gasteiger partial charge is 0.270 e. The lowest BCUT2D eigenvalue weighted by Gasteiger charge is -2.57. The number of benzene rings is 2. The van der Waals surface area contributed by atoms with Gasteiger partial charge in [-0.3, -0.25) is 4.79 Å². The number of H-pyrrole nitrogens is 1. The molecule has 1 unspecified atom stereocenters. The fraction of sp³-hybridized carbons (Fsp3) is 0.455. The standard InChI is InChI=1S/C33H35N5O3/c1-19-23-17-24-25-16-21-6-9-26(40-3)30-27(21)33(24,10-11-36(25)2)31(41-30)29(23)35-28(19)32(39)38-14-12-37(13-15-38)22-7-4-20(18-34)5-8-22/h4-9,24-25,31,35H,10-17H2,1-3H3/t24?,25-,31+,33+/m1/s1. The van der Waals surface area contributed by atoms with Crippen LogP contribution in [0.3, 0.4) is 0 Å². The van der Waals surface area contributed by atoms with Gasteiger partial charge in [-0.15, -0.1) is 0 Å². The Kier molecular flexibility index (Phi) is 5.30. The molecule has 41 heavy (non-hydrogen) atoms. The lowest BCUT2D eigenvalue weighted by Crippen LogP contribution is -2.62. The van der Waals surface area contributed by atoms with Gasteiger partial charge in [-0.1, -0.05) is 6.07 Å². The van der Waals surface area contributed by atoms with Crippen molar-refractivity contribution in [3.63, 3.8) is 0 Å². The van der Waals surface area contributed by atoms with E-state index in [2.05, 4.69) is 47.0 Å². The molecule has 1 aromatic heterocycles. The zero-order chi connectivity index (χ0) is 28.0. The highest BCUT2D eigenvalue weighted by atomic mass is 16.5. The summed E-state index contributed by atoms with van der Waals surface area (Å²) in [5.74, 6) is 2.23. The maximum atomic E-state index is 14.0. The summed E-state index contributed by atoms with van der Waals surface area (Å²) in [4.78, 5) is 24.5. The van der Waals surface area contributed by atoms with Crippen molar-refractivity contribution in [3.8, 4) is 17.6 Å². The third-order valence-corrected chi connectivity index (χ3v) is 10.8. The van der Waals surface area contributed by atoms with Gasteiger partial charge < -0.3 is 29.2 Å². The minimum atomic E-state index is -0.133.